The molecule has 0 amide bonds. The van der Waals surface area contributed by atoms with E-state index in [-0.39, 0.29) is 5.76 Å². The van der Waals surface area contributed by atoms with E-state index in [0.717, 1.165) is 47.9 Å². The number of halogens is 2. The van der Waals surface area contributed by atoms with E-state index < -0.39 is 12.3 Å². The van der Waals surface area contributed by atoms with Crippen LogP contribution in [-0.2, 0) is 0 Å². The van der Waals surface area contributed by atoms with Gasteiger partial charge in [-0.15, -0.1) is 0 Å². The highest BCUT2D eigenvalue weighted by Crippen LogP contribution is 2.34. The minimum Gasteiger partial charge on any atom is -0.444 e. The molecule has 2 N–H and O–H groups in total. The molecule has 1 aliphatic carbocycles. The number of hydrogen-bond donors (Lipinski definition) is 2. The Balaban J connectivity index is 1.37. The molecule has 144 valence electrons. The van der Waals surface area contributed by atoms with Gasteiger partial charge in [0.25, 0.3) is 0 Å². The lowest BCUT2D eigenvalue weighted by atomic mass is 9.88. The Morgan fingerprint density at radius 3 is 2.81 bits per heavy atom. The van der Waals surface area contributed by atoms with E-state index in [0.29, 0.717) is 30.6 Å². The zero-order valence-electron chi connectivity index (χ0n) is 14.9. The number of alkyl halides is 1. The van der Waals surface area contributed by atoms with E-state index in [2.05, 4.69) is 31.1 Å². The smallest absolute Gasteiger partial charge is 0.204 e. The number of fused-ring (bicyclic) bond motifs is 1. The number of aliphatic hydroxyl groups is 1. The van der Waals surface area contributed by atoms with Gasteiger partial charge in [0.15, 0.2) is 5.58 Å². The Hall–Kier alpha value is -1.69. The van der Waals surface area contributed by atoms with Crippen LogP contribution in [0.4, 0.5) is 10.2 Å². The monoisotopic (exact) mass is 436 g/mol. The summed E-state index contributed by atoms with van der Waals surface area (Å²) < 4.78 is 19.7. The molecule has 8 heteroatoms. The molecule has 3 heterocycles. The van der Waals surface area contributed by atoms with Crippen molar-refractivity contribution in [3.63, 3.8) is 0 Å². The molecule has 1 aliphatic heterocycles. The Bertz CT molecular complexity index is 859. The fourth-order valence-corrected chi connectivity index (χ4v) is 4.70. The van der Waals surface area contributed by atoms with Crippen molar-refractivity contribution in [2.45, 2.75) is 56.5 Å². The molecule has 27 heavy (non-hydrogen) atoms. The molecule has 0 aromatic carbocycles. The summed E-state index contributed by atoms with van der Waals surface area (Å²) in [4.78, 5) is 6.67. The average Bonchev–Trinajstić information content (AvgIpc) is 3.11. The van der Waals surface area contributed by atoms with Gasteiger partial charge in [-0.3, -0.25) is 4.90 Å². The molecule has 2 atom stereocenters. The third-order valence-electron chi connectivity index (χ3n) is 5.71. The SMILES string of the molecule is N#Cc1cc2c(Br)c(NC3CCC(N4CC[C@H](F)C(O)C4)CC3)ncc2o1. The van der Waals surface area contributed by atoms with Gasteiger partial charge in [0.2, 0.25) is 5.76 Å². The second kappa shape index (κ2) is 7.74. The number of nitrogens with one attached hydrogen (secondary N) is 1. The number of nitrogens with zero attached hydrogens (tertiary/aromatic N) is 3. The third-order valence-corrected chi connectivity index (χ3v) is 6.51. The fraction of sp³-hybridized carbons (Fsp3) is 0.579. The second-order valence-electron chi connectivity index (χ2n) is 7.44. The van der Waals surface area contributed by atoms with E-state index >= 15 is 0 Å². The van der Waals surface area contributed by atoms with E-state index in [1.54, 1.807) is 12.3 Å². The zero-order chi connectivity index (χ0) is 19.0. The molecule has 2 aliphatic rings. The van der Waals surface area contributed by atoms with Gasteiger partial charge in [0.05, 0.1) is 16.8 Å². The van der Waals surface area contributed by atoms with Gasteiger partial charge in [-0.25, -0.2) is 9.37 Å². The maximum atomic E-state index is 13.5. The first kappa shape index (κ1) is 18.7. The minimum atomic E-state index is -1.08. The summed E-state index contributed by atoms with van der Waals surface area (Å²) in [5, 5.41) is 23.1. The van der Waals surface area contributed by atoms with Crippen molar-refractivity contribution in [2.24, 2.45) is 0 Å². The Kier molecular flexibility index (Phi) is 5.35. The highest BCUT2D eigenvalue weighted by molar-refractivity contribution is 9.10. The maximum absolute atomic E-state index is 13.5. The van der Waals surface area contributed by atoms with Gasteiger partial charge in [-0.1, -0.05) is 0 Å². The average molecular weight is 437 g/mol. The molecule has 4 rings (SSSR count). The van der Waals surface area contributed by atoms with Crippen molar-refractivity contribution >= 4 is 32.7 Å². The largest absolute Gasteiger partial charge is 0.444 e. The lowest BCUT2D eigenvalue weighted by Crippen LogP contribution is -2.50. The fourth-order valence-electron chi connectivity index (χ4n) is 4.17. The highest BCUT2D eigenvalue weighted by Gasteiger charge is 2.33. The van der Waals surface area contributed by atoms with Crippen LogP contribution in [0.25, 0.3) is 11.0 Å². The Morgan fingerprint density at radius 2 is 2.11 bits per heavy atom. The molecule has 2 fully saturated rings. The van der Waals surface area contributed by atoms with Crippen molar-refractivity contribution in [1.29, 1.82) is 5.26 Å². The summed E-state index contributed by atoms with van der Waals surface area (Å²) in [6.07, 6.45) is 4.16. The van der Waals surface area contributed by atoms with Crippen LogP contribution in [0.3, 0.4) is 0 Å². The maximum Gasteiger partial charge on any atom is 0.204 e. The van der Waals surface area contributed by atoms with E-state index in [9.17, 15) is 9.50 Å². The van der Waals surface area contributed by atoms with E-state index in [4.69, 9.17) is 9.68 Å². The Morgan fingerprint density at radius 1 is 1.33 bits per heavy atom. The van der Waals surface area contributed by atoms with Crippen LogP contribution in [0, 0.1) is 11.3 Å². The molecule has 1 saturated carbocycles. The summed E-state index contributed by atoms with van der Waals surface area (Å²) in [6.45, 7) is 1.17. The number of piperidine rings is 1. The summed E-state index contributed by atoms with van der Waals surface area (Å²) in [5.74, 6) is 1.02. The molecule has 1 unspecified atom stereocenters. The topological polar surface area (TPSA) is 85.3 Å². The molecule has 2 aromatic rings. The summed E-state index contributed by atoms with van der Waals surface area (Å²) in [7, 11) is 0. The van der Waals surface area contributed by atoms with Gasteiger partial charge in [-0.2, -0.15) is 5.26 Å². The molecular weight excluding hydrogens is 415 g/mol. The predicted molar refractivity (Wildman–Crippen MR) is 103 cm³/mol. The van der Waals surface area contributed by atoms with Crippen LogP contribution in [0.1, 0.15) is 37.9 Å². The number of furan rings is 1. The Labute approximate surface area is 165 Å². The number of β-amino-alcohol motifs (C(OH)–C–C–N with tert-alkyl or cyclic N) is 1. The molecule has 2 aromatic heterocycles. The van der Waals surface area contributed by atoms with Gasteiger partial charge in [0.1, 0.15) is 18.1 Å². The van der Waals surface area contributed by atoms with Crippen LogP contribution in [0.2, 0.25) is 0 Å². The summed E-state index contributed by atoms with van der Waals surface area (Å²) in [5.41, 5.74) is 0.586. The number of pyridine rings is 1. The third kappa shape index (κ3) is 3.82. The number of hydrogen-bond acceptors (Lipinski definition) is 6. The highest BCUT2D eigenvalue weighted by atomic mass is 79.9. The number of rotatable bonds is 3. The first-order chi connectivity index (χ1) is 13.0. The van der Waals surface area contributed by atoms with Crippen LogP contribution in [0.5, 0.6) is 0 Å². The minimum absolute atomic E-state index is 0.268. The number of likely N-dealkylation sites (tertiary alicyclic amines) is 1. The van der Waals surface area contributed by atoms with Gasteiger partial charge in [-0.05, 0) is 48.0 Å². The van der Waals surface area contributed by atoms with Crippen molar-refractivity contribution in [1.82, 2.24) is 9.88 Å². The van der Waals surface area contributed by atoms with E-state index in [1.165, 1.54) is 0 Å². The van der Waals surface area contributed by atoms with Gasteiger partial charge in [0, 0.05) is 36.6 Å². The normalized spacial score (nSPS) is 29.6. The van der Waals surface area contributed by atoms with Crippen molar-refractivity contribution in [3.05, 3.63) is 22.5 Å². The molecular formula is C19H22BrFN4O2. The van der Waals surface area contributed by atoms with Gasteiger partial charge >= 0.3 is 0 Å². The van der Waals surface area contributed by atoms with Crippen LogP contribution < -0.4 is 5.32 Å². The van der Waals surface area contributed by atoms with Crippen molar-refractivity contribution in [2.75, 3.05) is 18.4 Å². The summed E-state index contributed by atoms with van der Waals surface area (Å²) >= 11 is 3.57. The van der Waals surface area contributed by atoms with Crippen LogP contribution in [-0.4, -0.2) is 52.4 Å². The second-order valence-corrected chi connectivity index (χ2v) is 8.23. The lowest BCUT2D eigenvalue weighted by Gasteiger charge is -2.41. The predicted octanol–water partition coefficient (Wildman–Crippen LogP) is 3.59. The standard InChI is InChI=1S/C19H22BrFN4O2/c20-18-14-7-13(8-22)27-17(14)9-23-19(18)24-11-1-3-12(4-2-11)25-6-5-15(21)16(26)10-25/h7,9,11-12,15-16,26H,1-6,10H2,(H,23,24)/t11?,12?,15-,16?/m0/s1. The van der Waals surface area contributed by atoms with Crippen LogP contribution >= 0.6 is 15.9 Å². The number of nitriles is 1. The lowest BCUT2D eigenvalue weighted by molar-refractivity contribution is -0.0178. The van der Waals surface area contributed by atoms with Crippen molar-refractivity contribution in [3.8, 4) is 6.07 Å². The van der Waals surface area contributed by atoms with Crippen LogP contribution in [0.15, 0.2) is 21.2 Å². The first-order valence-electron chi connectivity index (χ1n) is 9.36. The first-order valence-corrected chi connectivity index (χ1v) is 10.2. The molecule has 1 saturated heterocycles. The molecule has 0 bridgehead atoms. The number of anilines is 1. The molecule has 0 spiro atoms. The summed E-state index contributed by atoms with van der Waals surface area (Å²) in [6, 6.07) is 4.44. The molecule has 0 radical (unpaired) electrons. The number of aliphatic hydroxyl groups excluding tert-OH is 1. The zero-order valence-corrected chi connectivity index (χ0v) is 16.5. The molecule has 6 nitrogen and oxygen atoms in total. The number of aromatic nitrogens is 1. The van der Waals surface area contributed by atoms with E-state index in [1.807, 2.05) is 6.07 Å². The quantitative estimate of drug-likeness (QED) is 0.764. The van der Waals surface area contributed by atoms with Gasteiger partial charge < -0.3 is 14.8 Å². The van der Waals surface area contributed by atoms with Crippen molar-refractivity contribution < 1.29 is 13.9 Å².